The Balaban J connectivity index is 4.17. The van der Waals surface area contributed by atoms with Crippen LogP contribution in [0, 0.1) is 0 Å². The molecule has 0 fully saturated rings. The van der Waals surface area contributed by atoms with Gasteiger partial charge in [-0.3, -0.25) is 9.59 Å². The molecule has 0 aromatic rings. The van der Waals surface area contributed by atoms with Crippen molar-refractivity contribution in [1.82, 2.24) is 0 Å². The van der Waals surface area contributed by atoms with Crippen LogP contribution in [-0.2, 0) is 19.1 Å². The molecule has 6 heteroatoms. The van der Waals surface area contributed by atoms with Gasteiger partial charge in [0, 0.05) is 19.7 Å². The van der Waals surface area contributed by atoms with Crippen molar-refractivity contribution in [2.24, 2.45) is 0 Å². The van der Waals surface area contributed by atoms with Crippen LogP contribution in [0.5, 0.6) is 0 Å². The van der Waals surface area contributed by atoms with E-state index in [-0.39, 0.29) is 5.88 Å². The summed E-state index contributed by atoms with van der Waals surface area (Å²) in [5.74, 6) is -1.14. The maximum Gasteiger partial charge on any atom is 0.305 e. The van der Waals surface area contributed by atoms with Crippen molar-refractivity contribution in [3.8, 4) is 0 Å². The lowest BCUT2D eigenvalue weighted by atomic mass is 10.4. The predicted octanol–water partition coefficient (Wildman–Crippen LogP) is 1.28. The monoisotopic (exact) mass is 228 g/mol. The van der Waals surface area contributed by atoms with Gasteiger partial charge in [-0.1, -0.05) is 0 Å². The Morgan fingerprint density at radius 3 is 1.85 bits per heavy atom. The Morgan fingerprint density at radius 1 is 1.23 bits per heavy atom. The molecule has 0 aliphatic rings. The maximum absolute atomic E-state index is 10.5. The van der Waals surface area contributed by atoms with Crippen LogP contribution >= 0.6 is 23.2 Å². The van der Waals surface area contributed by atoms with Crippen molar-refractivity contribution in [3.63, 3.8) is 0 Å². The zero-order chi connectivity index (χ0) is 10.4. The standard InChI is InChI=1S/C7H10Cl2O4/c1-4(10)12-7(6(9)3-8)13-5(2)11/h6-7H,3H2,1-2H3. The van der Waals surface area contributed by atoms with E-state index in [1.54, 1.807) is 0 Å². The summed E-state index contributed by atoms with van der Waals surface area (Å²) < 4.78 is 9.23. The number of hydrogen-bond donors (Lipinski definition) is 0. The quantitative estimate of drug-likeness (QED) is 0.414. The zero-order valence-corrected chi connectivity index (χ0v) is 8.76. The maximum atomic E-state index is 10.5. The van der Waals surface area contributed by atoms with Crippen LogP contribution in [0.25, 0.3) is 0 Å². The van der Waals surface area contributed by atoms with Gasteiger partial charge in [0.25, 0.3) is 6.29 Å². The summed E-state index contributed by atoms with van der Waals surface area (Å²) in [6.45, 7) is 2.38. The SMILES string of the molecule is CC(=O)OC(OC(C)=O)C(Cl)CCl. The van der Waals surface area contributed by atoms with Gasteiger partial charge < -0.3 is 9.47 Å². The molecular formula is C7H10Cl2O4. The van der Waals surface area contributed by atoms with Crippen molar-refractivity contribution in [1.29, 1.82) is 0 Å². The van der Waals surface area contributed by atoms with E-state index < -0.39 is 23.6 Å². The van der Waals surface area contributed by atoms with E-state index in [1.807, 2.05) is 0 Å². The van der Waals surface area contributed by atoms with E-state index in [0.29, 0.717) is 0 Å². The molecule has 0 aliphatic heterocycles. The fourth-order valence-corrected chi connectivity index (χ4v) is 0.820. The average Bonchev–Trinajstić information content (AvgIpc) is 2.00. The van der Waals surface area contributed by atoms with E-state index in [0.717, 1.165) is 0 Å². The summed E-state index contributed by atoms with van der Waals surface area (Å²) in [6, 6.07) is 0. The first-order valence-electron chi connectivity index (χ1n) is 3.51. The van der Waals surface area contributed by atoms with Gasteiger partial charge in [0.1, 0.15) is 5.38 Å². The first-order chi connectivity index (χ1) is 5.97. The van der Waals surface area contributed by atoms with Crippen LogP contribution in [0.1, 0.15) is 13.8 Å². The second kappa shape index (κ2) is 6.05. The van der Waals surface area contributed by atoms with Crippen molar-refractivity contribution < 1.29 is 19.1 Å². The Labute approximate surface area is 86.1 Å². The van der Waals surface area contributed by atoms with Gasteiger partial charge in [-0.25, -0.2) is 0 Å². The molecule has 76 valence electrons. The van der Waals surface area contributed by atoms with E-state index in [1.165, 1.54) is 13.8 Å². The Hall–Kier alpha value is -0.480. The molecule has 0 aromatic heterocycles. The van der Waals surface area contributed by atoms with E-state index in [2.05, 4.69) is 9.47 Å². The fourth-order valence-electron chi connectivity index (χ4n) is 0.572. The van der Waals surface area contributed by atoms with Gasteiger partial charge >= 0.3 is 11.9 Å². The molecule has 13 heavy (non-hydrogen) atoms. The number of carbonyl (C=O) groups excluding carboxylic acids is 2. The molecule has 0 spiro atoms. The van der Waals surface area contributed by atoms with Crippen LogP contribution < -0.4 is 0 Å². The topological polar surface area (TPSA) is 52.6 Å². The third kappa shape index (κ3) is 5.71. The van der Waals surface area contributed by atoms with Crippen LogP contribution in [0.15, 0.2) is 0 Å². The lowest BCUT2D eigenvalue weighted by Gasteiger charge is -2.19. The van der Waals surface area contributed by atoms with Crippen LogP contribution in [-0.4, -0.2) is 29.5 Å². The third-order valence-electron chi connectivity index (χ3n) is 1.01. The summed E-state index contributed by atoms with van der Waals surface area (Å²) in [7, 11) is 0. The highest BCUT2D eigenvalue weighted by molar-refractivity contribution is 6.28. The highest BCUT2D eigenvalue weighted by atomic mass is 35.5. The Kier molecular flexibility index (Phi) is 5.82. The summed E-state index contributed by atoms with van der Waals surface area (Å²) in [6.07, 6.45) is -1.12. The molecule has 0 aromatic carbocycles. The number of hydrogen-bond acceptors (Lipinski definition) is 4. The van der Waals surface area contributed by atoms with Gasteiger partial charge in [0.05, 0.1) is 0 Å². The molecule has 0 bridgehead atoms. The molecule has 1 atom stereocenters. The fraction of sp³-hybridized carbons (Fsp3) is 0.714. The minimum atomic E-state index is -1.12. The summed E-state index contributed by atoms with van der Waals surface area (Å²) in [5, 5.41) is -0.741. The van der Waals surface area contributed by atoms with Gasteiger partial charge in [0.2, 0.25) is 0 Å². The molecule has 4 nitrogen and oxygen atoms in total. The molecular weight excluding hydrogens is 219 g/mol. The smallest absolute Gasteiger partial charge is 0.305 e. The molecule has 0 radical (unpaired) electrons. The molecule has 0 N–H and O–H groups in total. The molecule has 0 saturated carbocycles. The minimum Gasteiger partial charge on any atom is -0.424 e. The molecule has 0 heterocycles. The predicted molar refractivity (Wildman–Crippen MR) is 47.7 cm³/mol. The van der Waals surface area contributed by atoms with Crippen LogP contribution in [0.4, 0.5) is 0 Å². The first-order valence-corrected chi connectivity index (χ1v) is 4.49. The number of rotatable bonds is 4. The number of esters is 2. The van der Waals surface area contributed by atoms with E-state index in [9.17, 15) is 9.59 Å². The van der Waals surface area contributed by atoms with E-state index >= 15 is 0 Å². The molecule has 1 unspecified atom stereocenters. The van der Waals surface area contributed by atoms with Crippen LogP contribution in [0.2, 0.25) is 0 Å². The summed E-state index contributed by atoms with van der Waals surface area (Å²) >= 11 is 11.0. The second-order valence-corrected chi connectivity index (χ2v) is 3.13. The zero-order valence-electron chi connectivity index (χ0n) is 7.25. The normalized spacial score (nSPS) is 12.4. The Bertz CT molecular complexity index is 179. The first kappa shape index (κ1) is 12.5. The largest absolute Gasteiger partial charge is 0.424 e. The molecule has 0 saturated heterocycles. The number of alkyl halides is 2. The highest BCUT2D eigenvalue weighted by Crippen LogP contribution is 2.11. The summed E-state index contributed by atoms with van der Waals surface area (Å²) in [5.41, 5.74) is 0. The van der Waals surface area contributed by atoms with Crippen molar-refractivity contribution >= 4 is 35.1 Å². The molecule has 0 aliphatic carbocycles. The average molecular weight is 229 g/mol. The van der Waals surface area contributed by atoms with Crippen LogP contribution in [0.3, 0.4) is 0 Å². The molecule has 0 amide bonds. The number of carbonyl (C=O) groups is 2. The lowest BCUT2D eigenvalue weighted by molar-refractivity contribution is -0.184. The summed E-state index contributed by atoms with van der Waals surface area (Å²) in [4.78, 5) is 21.1. The molecule has 0 rings (SSSR count). The van der Waals surface area contributed by atoms with Crippen molar-refractivity contribution in [2.45, 2.75) is 25.5 Å². The van der Waals surface area contributed by atoms with Crippen molar-refractivity contribution in [2.75, 3.05) is 5.88 Å². The van der Waals surface area contributed by atoms with E-state index in [4.69, 9.17) is 23.2 Å². The number of ether oxygens (including phenoxy) is 2. The lowest BCUT2D eigenvalue weighted by Crippen LogP contribution is -2.32. The van der Waals surface area contributed by atoms with Gasteiger partial charge in [-0.2, -0.15) is 0 Å². The highest BCUT2D eigenvalue weighted by Gasteiger charge is 2.24. The minimum absolute atomic E-state index is 0.0206. The number of halogens is 2. The van der Waals surface area contributed by atoms with Gasteiger partial charge in [-0.15, -0.1) is 23.2 Å². The van der Waals surface area contributed by atoms with Crippen molar-refractivity contribution in [3.05, 3.63) is 0 Å². The third-order valence-corrected chi connectivity index (χ3v) is 1.86. The van der Waals surface area contributed by atoms with Gasteiger partial charge in [0.15, 0.2) is 0 Å². The second-order valence-electron chi connectivity index (χ2n) is 2.26. The van der Waals surface area contributed by atoms with Gasteiger partial charge in [-0.05, 0) is 0 Å². The Morgan fingerprint density at radius 2 is 1.62 bits per heavy atom.